The first kappa shape index (κ1) is 16.2. The average molecular weight is 353 g/mol. The number of fused-ring (bicyclic) bond motifs is 1. The molecule has 1 amide bonds. The zero-order valence-corrected chi connectivity index (χ0v) is 14.7. The molecule has 0 aromatic carbocycles. The second kappa shape index (κ2) is 6.54. The lowest BCUT2D eigenvalue weighted by molar-refractivity contribution is 0.0446. The van der Waals surface area contributed by atoms with Gasteiger partial charge in [-0.1, -0.05) is 6.07 Å². The third-order valence-electron chi connectivity index (χ3n) is 4.64. The van der Waals surface area contributed by atoms with E-state index in [2.05, 4.69) is 21.4 Å². The van der Waals surface area contributed by atoms with Crippen LogP contribution in [0.15, 0.2) is 35.8 Å². The highest BCUT2D eigenvalue weighted by Crippen LogP contribution is 2.27. The van der Waals surface area contributed by atoms with Crippen LogP contribution in [-0.2, 0) is 6.42 Å². The second-order valence-corrected chi connectivity index (χ2v) is 7.43. The first-order valence-corrected chi connectivity index (χ1v) is 9.26. The number of carbonyl (C=O) groups is 1. The molecule has 1 aliphatic rings. The van der Waals surface area contributed by atoms with Crippen molar-refractivity contribution >= 4 is 27.5 Å². The molecule has 25 heavy (non-hydrogen) atoms. The SMILES string of the molecule is Cc1ccc(Cc2cc(C(=O)N[C@@H]3CC[C@H]3O)nc3ccsc23)cn1. The van der Waals surface area contributed by atoms with Crippen LogP contribution in [0.3, 0.4) is 0 Å². The van der Waals surface area contributed by atoms with Gasteiger partial charge in [0.25, 0.3) is 5.91 Å². The van der Waals surface area contributed by atoms with Gasteiger partial charge in [-0.2, -0.15) is 0 Å². The van der Waals surface area contributed by atoms with E-state index in [0.717, 1.165) is 39.9 Å². The number of hydrogen-bond acceptors (Lipinski definition) is 5. The molecule has 6 heteroatoms. The predicted octanol–water partition coefficient (Wildman–Crippen LogP) is 2.84. The summed E-state index contributed by atoms with van der Waals surface area (Å²) in [7, 11) is 0. The van der Waals surface area contributed by atoms with E-state index in [1.54, 1.807) is 11.3 Å². The summed E-state index contributed by atoms with van der Waals surface area (Å²) in [6.07, 6.45) is 3.70. The molecular formula is C19H19N3O2S. The maximum atomic E-state index is 12.5. The van der Waals surface area contributed by atoms with E-state index in [4.69, 9.17) is 0 Å². The minimum Gasteiger partial charge on any atom is -0.391 e. The van der Waals surface area contributed by atoms with E-state index in [1.165, 1.54) is 0 Å². The smallest absolute Gasteiger partial charge is 0.270 e. The number of rotatable bonds is 4. The summed E-state index contributed by atoms with van der Waals surface area (Å²) in [4.78, 5) is 21.4. The second-order valence-electron chi connectivity index (χ2n) is 6.51. The van der Waals surface area contributed by atoms with Gasteiger partial charge in [0.2, 0.25) is 0 Å². The van der Waals surface area contributed by atoms with Crippen molar-refractivity contribution in [3.05, 3.63) is 58.4 Å². The van der Waals surface area contributed by atoms with Crippen molar-refractivity contribution < 1.29 is 9.90 Å². The van der Waals surface area contributed by atoms with Crippen LogP contribution in [0.5, 0.6) is 0 Å². The molecule has 128 valence electrons. The van der Waals surface area contributed by atoms with E-state index in [9.17, 15) is 9.90 Å². The number of amides is 1. The highest BCUT2D eigenvalue weighted by atomic mass is 32.1. The summed E-state index contributed by atoms with van der Waals surface area (Å²) in [5.41, 5.74) is 4.40. The highest BCUT2D eigenvalue weighted by molar-refractivity contribution is 7.17. The summed E-state index contributed by atoms with van der Waals surface area (Å²) in [6, 6.07) is 7.70. The molecule has 0 saturated heterocycles. The van der Waals surface area contributed by atoms with Crippen molar-refractivity contribution in [2.24, 2.45) is 0 Å². The fourth-order valence-corrected chi connectivity index (χ4v) is 3.84. The molecule has 1 aliphatic carbocycles. The number of hydrogen-bond donors (Lipinski definition) is 2. The van der Waals surface area contributed by atoms with Crippen LogP contribution < -0.4 is 5.32 Å². The molecule has 1 fully saturated rings. The van der Waals surface area contributed by atoms with Crippen LogP contribution in [-0.4, -0.2) is 33.1 Å². The Kier molecular flexibility index (Phi) is 4.23. The van der Waals surface area contributed by atoms with Gasteiger partial charge < -0.3 is 10.4 Å². The summed E-state index contributed by atoms with van der Waals surface area (Å²) in [5, 5.41) is 14.5. The summed E-state index contributed by atoms with van der Waals surface area (Å²) >= 11 is 1.63. The number of nitrogens with one attached hydrogen (secondary N) is 1. The topological polar surface area (TPSA) is 75.1 Å². The molecule has 0 unspecified atom stereocenters. The molecule has 1 saturated carbocycles. The molecule has 0 radical (unpaired) electrons. The number of aromatic nitrogens is 2. The first-order valence-electron chi connectivity index (χ1n) is 8.38. The largest absolute Gasteiger partial charge is 0.391 e. The van der Waals surface area contributed by atoms with Gasteiger partial charge >= 0.3 is 0 Å². The molecule has 3 aromatic rings. The van der Waals surface area contributed by atoms with Gasteiger partial charge in [0.05, 0.1) is 22.4 Å². The average Bonchev–Trinajstić information content (AvgIpc) is 3.09. The number of aliphatic hydroxyl groups is 1. The monoisotopic (exact) mass is 353 g/mol. The lowest BCUT2D eigenvalue weighted by atomic mass is 9.89. The maximum Gasteiger partial charge on any atom is 0.270 e. The molecule has 4 rings (SSSR count). The number of aryl methyl sites for hydroxylation is 1. The van der Waals surface area contributed by atoms with Gasteiger partial charge in [-0.3, -0.25) is 9.78 Å². The fraction of sp³-hybridized carbons (Fsp3) is 0.316. The minimum atomic E-state index is -0.438. The zero-order valence-electron chi connectivity index (χ0n) is 13.9. The normalized spacial score (nSPS) is 19.6. The van der Waals surface area contributed by atoms with Gasteiger partial charge in [0.1, 0.15) is 5.69 Å². The Bertz CT molecular complexity index is 920. The number of aliphatic hydroxyl groups excluding tert-OH is 1. The van der Waals surface area contributed by atoms with Crippen molar-refractivity contribution in [3.8, 4) is 0 Å². The minimum absolute atomic E-state index is 0.155. The van der Waals surface area contributed by atoms with Crippen molar-refractivity contribution in [2.45, 2.75) is 38.3 Å². The summed E-state index contributed by atoms with van der Waals surface area (Å²) in [5.74, 6) is -0.222. The molecule has 5 nitrogen and oxygen atoms in total. The van der Waals surface area contributed by atoms with Crippen molar-refractivity contribution in [2.75, 3.05) is 0 Å². The standard InChI is InChI=1S/C19H19N3O2S/c1-11-2-3-12(10-20-11)8-13-9-16(21-15-6-7-25-18(13)15)19(24)22-14-4-5-17(14)23/h2-3,6-7,9-10,14,17,23H,4-5,8H2,1H3,(H,22,24)/t14-,17-/m1/s1. The van der Waals surface area contributed by atoms with E-state index < -0.39 is 6.10 Å². The Morgan fingerprint density at radius 3 is 2.92 bits per heavy atom. The van der Waals surface area contributed by atoms with Gasteiger partial charge in [-0.05, 0) is 54.5 Å². The van der Waals surface area contributed by atoms with E-state index in [0.29, 0.717) is 12.1 Å². The van der Waals surface area contributed by atoms with Gasteiger partial charge in [-0.15, -0.1) is 11.3 Å². The molecule has 2 N–H and O–H groups in total. The van der Waals surface area contributed by atoms with Crippen LogP contribution in [0.1, 0.15) is 40.2 Å². The van der Waals surface area contributed by atoms with Crippen molar-refractivity contribution in [3.63, 3.8) is 0 Å². The Hall–Kier alpha value is -2.31. The lowest BCUT2D eigenvalue weighted by Crippen LogP contribution is -2.50. The molecule has 3 aromatic heterocycles. The van der Waals surface area contributed by atoms with Gasteiger partial charge in [-0.25, -0.2) is 4.98 Å². The van der Waals surface area contributed by atoms with Gasteiger partial charge in [0, 0.05) is 18.3 Å². The van der Waals surface area contributed by atoms with E-state index >= 15 is 0 Å². The third-order valence-corrected chi connectivity index (χ3v) is 5.62. The van der Waals surface area contributed by atoms with E-state index in [-0.39, 0.29) is 11.9 Å². The maximum absolute atomic E-state index is 12.5. The number of thiophene rings is 1. The van der Waals surface area contributed by atoms with E-state index in [1.807, 2.05) is 36.7 Å². The molecule has 2 atom stereocenters. The van der Waals surface area contributed by atoms with Crippen LogP contribution in [0.25, 0.3) is 10.2 Å². The Morgan fingerprint density at radius 2 is 2.24 bits per heavy atom. The Labute approximate surface area is 149 Å². The van der Waals surface area contributed by atoms with Crippen LogP contribution >= 0.6 is 11.3 Å². The predicted molar refractivity (Wildman–Crippen MR) is 97.9 cm³/mol. The molecule has 0 bridgehead atoms. The van der Waals surface area contributed by atoms with Crippen molar-refractivity contribution in [1.82, 2.24) is 15.3 Å². The van der Waals surface area contributed by atoms with Gasteiger partial charge in [0.15, 0.2) is 0 Å². The van der Waals surface area contributed by atoms with Crippen LogP contribution in [0.4, 0.5) is 0 Å². The molecule has 0 aliphatic heterocycles. The zero-order chi connectivity index (χ0) is 17.4. The highest BCUT2D eigenvalue weighted by Gasteiger charge is 2.30. The van der Waals surface area contributed by atoms with Crippen LogP contribution in [0.2, 0.25) is 0 Å². The molecule has 3 heterocycles. The summed E-state index contributed by atoms with van der Waals surface area (Å²) < 4.78 is 1.10. The molecule has 0 spiro atoms. The third kappa shape index (κ3) is 3.27. The summed E-state index contributed by atoms with van der Waals surface area (Å²) in [6.45, 7) is 1.96. The number of carbonyl (C=O) groups excluding carboxylic acids is 1. The number of pyridine rings is 2. The van der Waals surface area contributed by atoms with Crippen LogP contribution in [0, 0.1) is 6.92 Å². The first-order chi connectivity index (χ1) is 12.1. The number of nitrogens with zero attached hydrogens (tertiary/aromatic N) is 2. The Balaban J connectivity index is 1.64. The molecular weight excluding hydrogens is 334 g/mol. The quantitative estimate of drug-likeness (QED) is 0.756. The Morgan fingerprint density at radius 1 is 1.36 bits per heavy atom. The van der Waals surface area contributed by atoms with Crippen molar-refractivity contribution in [1.29, 1.82) is 0 Å². The fourth-order valence-electron chi connectivity index (χ4n) is 2.99. The lowest BCUT2D eigenvalue weighted by Gasteiger charge is -2.32.